The summed E-state index contributed by atoms with van der Waals surface area (Å²) >= 11 is 0. The number of anilines is 1. The fourth-order valence-corrected chi connectivity index (χ4v) is 1.11. The maximum absolute atomic E-state index is 13.2. The zero-order chi connectivity index (χ0) is 12.3. The third kappa shape index (κ3) is 3.00. The van der Waals surface area contributed by atoms with Gasteiger partial charge in [-0.3, -0.25) is 4.79 Å². The molecule has 16 heavy (non-hydrogen) atoms. The SMILES string of the molecule is CC(C)[C@@H](N)C(=O)Nc1ccc(F)cc1F. The smallest absolute Gasteiger partial charge is 0.241 e. The lowest BCUT2D eigenvalue weighted by Gasteiger charge is -2.15. The van der Waals surface area contributed by atoms with Gasteiger partial charge in [-0.25, -0.2) is 8.78 Å². The van der Waals surface area contributed by atoms with Crippen molar-refractivity contribution in [1.82, 2.24) is 0 Å². The highest BCUT2D eigenvalue weighted by atomic mass is 19.1. The molecule has 3 nitrogen and oxygen atoms in total. The number of halogens is 2. The third-order valence-electron chi connectivity index (χ3n) is 2.21. The van der Waals surface area contributed by atoms with Crippen LogP contribution in [0.25, 0.3) is 0 Å². The van der Waals surface area contributed by atoms with Crippen LogP contribution in [0.5, 0.6) is 0 Å². The number of carbonyl (C=O) groups is 1. The molecule has 0 unspecified atom stereocenters. The van der Waals surface area contributed by atoms with E-state index in [1.165, 1.54) is 0 Å². The summed E-state index contributed by atoms with van der Waals surface area (Å²) in [5.41, 5.74) is 5.51. The van der Waals surface area contributed by atoms with Gasteiger partial charge in [0.2, 0.25) is 5.91 Å². The quantitative estimate of drug-likeness (QED) is 0.830. The van der Waals surface area contributed by atoms with Crippen molar-refractivity contribution in [2.75, 3.05) is 5.32 Å². The fourth-order valence-electron chi connectivity index (χ4n) is 1.11. The average Bonchev–Trinajstić information content (AvgIpc) is 2.20. The molecule has 5 heteroatoms. The zero-order valence-electron chi connectivity index (χ0n) is 9.13. The highest BCUT2D eigenvalue weighted by Gasteiger charge is 2.18. The topological polar surface area (TPSA) is 55.1 Å². The summed E-state index contributed by atoms with van der Waals surface area (Å²) in [5, 5.41) is 2.31. The van der Waals surface area contributed by atoms with Crippen LogP contribution in [0.1, 0.15) is 13.8 Å². The summed E-state index contributed by atoms with van der Waals surface area (Å²) in [5.74, 6) is -2.04. The molecular formula is C11H14F2N2O. The standard InChI is InChI=1S/C11H14F2N2O/c1-6(2)10(14)11(16)15-9-4-3-7(12)5-8(9)13/h3-6,10H,14H2,1-2H3,(H,15,16)/t10-/m1/s1. The van der Waals surface area contributed by atoms with Crippen LogP contribution in [0, 0.1) is 17.6 Å². The van der Waals surface area contributed by atoms with Gasteiger partial charge in [0.05, 0.1) is 11.7 Å². The number of hydrogen-bond donors (Lipinski definition) is 2. The highest BCUT2D eigenvalue weighted by Crippen LogP contribution is 2.15. The number of nitrogens with two attached hydrogens (primary N) is 1. The summed E-state index contributed by atoms with van der Waals surface area (Å²) in [6, 6.07) is 2.22. The molecule has 0 saturated carbocycles. The predicted molar refractivity (Wildman–Crippen MR) is 57.8 cm³/mol. The molecule has 0 aromatic heterocycles. The Morgan fingerprint density at radius 1 is 1.38 bits per heavy atom. The van der Waals surface area contributed by atoms with Gasteiger partial charge in [0, 0.05) is 6.07 Å². The Bertz CT molecular complexity index is 394. The third-order valence-corrected chi connectivity index (χ3v) is 2.21. The molecule has 0 spiro atoms. The average molecular weight is 228 g/mol. The number of amides is 1. The second kappa shape index (κ2) is 5.03. The van der Waals surface area contributed by atoms with Crippen LogP contribution in [-0.4, -0.2) is 11.9 Å². The van der Waals surface area contributed by atoms with Gasteiger partial charge in [0.25, 0.3) is 0 Å². The van der Waals surface area contributed by atoms with Crippen molar-refractivity contribution in [3.05, 3.63) is 29.8 Å². The molecule has 0 bridgehead atoms. The monoisotopic (exact) mass is 228 g/mol. The Kier molecular flexibility index (Phi) is 3.95. The first-order valence-corrected chi connectivity index (χ1v) is 4.93. The molecule has 0 heterocycles. The maximum atomic E-state index is 13.2. The molecule has 0 radical (unpaired) electrons. The van der Waals surface area contributed by atoms with Crippen molar-refractivity contribution in [2.45, 2.75) is 19.9 Å². The van der Waals surface area contributed by atoms with Crippen molar-refractivity contribution in [3.8, 4) is 0 Å². The minimum atomic E-state index is -0.815. The molecule has 1 aromatic rings. The van der Waals surface area contributed by atoms with Crippen LogP contribution < -0.4 is 11.1 Å². The first kappa shape index (κ1) is 12.6. The molecular weight excluding hydrogens is 214 g/mol. The Morgan fingerprint density at radius 2 is 2.00 bits per heavy atom. The van der Waals surface area contributed by atoms with E-state index in [4.69, 9.17) is 5.73 Å². The van der Waals surface area contributed by atoms with E-state index in [1.54, 1.807) is 13.8 Å². The molecule has 1 rings (SSSR count). The normalized spacial score (nSPS) is 12.6. The summed E-state index contributed by atoms with van der Waals surface area (Å²) in [6.45, 7) is 3.57. The molecule has 1 atom stereocenters. The largest absolute Gasteiger partial charge is 0.322 e. The summed E-state index contributed by atoms with van der Waals surface area (Å²) < 4.78 is 25.8. The predicted octanol–water partition coefficient (Wildman–Crippen LogP) is 1.89. The first-order chi connectivity index (χ1) is 7.41. The molecule has 0 aliphatic carbocycles. The lowest BCUT2D eigenvalue weighted by molar-refractivity contribution is -0.118. The van der Waals surface area contributed by atoms with Crippen molar-refractivity contribution < 1.29 is 13.6 Å². The van der Waals surface area contributed by atoms with E-state index in [-0.39, 0.29) is 11.6 Å². The minimum absolute atomic E-state index is 0.0523. The number of hydrogen-bond acceptors (Lipinski definition) is 2. The van der Waals surface area contributed by atoms with Crippen molar-refractivity contribution >= 4 is 11.6 Å². The lowest BCUT2D eigenvalue weighted by atomic mass is 10.0. The minimum Gasteiger partial charge on any atom is -0.322 e. The van der Waals surface area contributed by atoms with Gasteiger partial charge in [-0.15, -0.1) is 0 Å². The summed E-state index contributed by atoms with van der Waals surface area (Å²) in [7, 11) is 0. The van der Waals surface area contributed by atoms with E-state index in [9.17, 15) is 13.6 Å². The Labute approximate surface area is 92.6 Å². The molecule has 0 aliphatic heterocycles. The Balaban J connectivity index is 2.77. The van der Waals surface area contributed by atoms with E-state index >= 15 is 0 Å². The Morgan fingerprint density at radius 3 is 2.50 bits per heavy atom. The van der Waals surface area contributed by atoms with Gasteiger partial charge in [0.1, 0.15) is 11.6 Å². The molecule has 0 saturated heterocycles. The second-order valence-corrected chi connectivity index (χ2v) is 3.88. The first-order valence-electron chi connectivity index (χ1n) is 4.93. The number of nitrogens with one attached hydrogen (secondary N) is 1. The van der Waals surface area contributed by atoms with Crippen LogP contribution >= 0.6 is 0 Å². The van der Waals surface area contributed by atoms with Crippen molar-refractivity contribution in [2.24, 2.45) is 11.7 Å². The van der Waals surface area contributed by atoms with Crippen LogP contribution in [0.4, 0.5) is 14.5 Å². The Hall–Kier alpha value is -1.49. The van der Waals surface area contributed by atoms with E-state index in [0.29, 0.717) is 6.07 Å². The second-order valence-electron chi connectivity index (χ2n) is 3.88. The molecule has 88 valence electrons. The molecule has 1 aromatic carbocycles. The fraction of sp³-hybridized carbons (Fsp3) is 0.364. The van der Waals surface area contributed by atoms with Gasteiger partial charge in [-0.1, -0.05) is 13.8 Å². The molecule has 3 N–H and O–H groups in total. The van der Waals surface area contributed by atoms with Crippen LogP contribution in [0.3, 0.4) is 0 Å². The van der Waals surface area contributed by atoms with Crippen LogP contribution in [-0.2, 0) is 4.79 Å². The highest BCUT2D eigenvalue weighted by molar-refractivity contribution is 5.94. The number of benzene rings is 1. The van der Waals surface area contributed by atoms with Gasteiger partial charge in [-0.2, -0.15) is 0 Å². The summed E-state index contributed by atoms with van der Waals surface area (Å²) in [4.78, 5) is 11.5. The number of rotatable bonds is 3. The van der Waals surface area contributed by atoms with E-state index in [0.717, 1.165) is 12.1 Å². The van der Waals surface area contributed by atoms with Crippen molar-refractivity contribution in [3.63, 3.8) is 0 Å². The van der Waals surface area contributed by atoms with Gasteiger partial charge >= 0.3 is 0 Å². The van der Waals surface area contributed by atoms with Crippen LogP contribution in [0.15, 0.2) is 18.2 Å². The van der Waals surface area contributed by atoms with E-state index in [2.05, 4.69) is 5.32 Å². The molecule has 1 amide bonds. The lowest BCUT2D eigenvalue weighted by Crippen LogP contribution is -2.39. The van der Waals surface area contributed by atoms with Gasteiger partial charge in [-0.05, 0) is 18.1 Å². The number of carbonyl (C=O) groups excluding carboxylic acids is 1. The van der Waals surface area contributed by atoms with Crippen LogP contribution in [0.2, 0.25) is 0 Å². The van der Waals surface area contributed by atoms with Gasteiger partial charge in [0.15, 0.2) is 0 Å². The van der Waals surface area contributed by atoms with E-state index in [1.807, 2.05) is 0 Å². The maximum Gasteiger partial charge on any atom is 0.241 e. The summed E-state index contributed by atoms with van der Waals surface area (Å²) in [6.07, 6.45) is 0. The van der Waals surface area contributed by atoms with Gasteiger partial charge < -0.3 is 11.1 Å². The molecule has 0 fully saturated rings. The van der Waals surface area contributed by atoms with Crippen molar-refractivity contribution in [1.29, 1.82) is 0 Å². The van der Waals surface area contributed by atoms with E-state index < -0.39 is 23.6 Å². The zero-order valence-corrected chi connectivity index (χ0v) is 9.13. The molecule has 0 aliphatic rings.